The summed E-state index contributed by atoms with van der Waals surface area (Å²) in [4.78, 5) is 0. The highest BCUT2D eigenvalue weighted by Crippen LogP contribution is 2.54. The van der Waals surface area contributed by atoms with E-state index < -0.39 is 20.7 Å². The lowest BCUT2D eigenvalue weighted by molar-refractivity contribution is 0.577. The van der Waals surface area contributed by atoms with E-state index in [1.54, 1.807) is 0 Å². The van der Waals surface area contributed by atoms with Crippen molar-refractivity contribution in [2.45, 2.75) is 0 Å². The summed E-state index contributed by atoms with van der Waals surface area (Å²) in [7, 11) is -1.91. The highest BCUT2D eigenvalue weighted by Gasteiger charge is 2.47. The molecule has 0 amide bonds. The van der Waals surface area contributed by atoms with E-state index in [1.807, 2.05) is 30.3 Å². The third-order valence-electron chi connectivity index (χ3n) is 9.44. The Morgan fingerprint density at radius 2 is 0.471 bits per heavy atom. The molecule has 0 aliphatic heterocycles. The second-order valence-corrected chi connectivity index (χ2v) is 19.7. The maximum Gasteiger partial charge on any atom is 0.476 e. The minimum atomic E-state index is -3.05. The average Bonchev–Trinajstić information content (AvgIpc) is 3.23. The average molecular weight is 691 g/mol. The molecule has 0 heterocycles. The lowest BCUT2D eigenvalue weighted by atomic mass is 10.3. The van der Waals surface area contributed by atoms with Crippen LogP contribution in [0, 0.1) is 0 Å². The van der Waals surface area contributed by atoms with Crippen LogP contribution in [0.4, 0.5) is 0 Å². The quantitative estimate of drug-likeness (QED) is 0.110. The van der Waals surface area contributed by atoms with Gasteiger partial charge in [-0.15, -0.1) is 36.4 Å². The van der Waals surface area contributed by atoms with E-state index in [0.717, 1.165) is 5.75 Å². The Labute approximate surface area is 305 Å². The van der Waals surface area contributed by atoms with E-state index in [9.17, 15) is 0 Å². The van der Waals surface area contributed by atoms with Crippen LogP contribution >= 0.6 is 7.26 Å². The van der Waals surface area contributed by atoms with Gasteiger partial charge in [0.1, 0.15) is 28.5 Å². The van der Waals surface area contributed by atoms with E-state index in [1.165, 1.54) is 34.5 Å². The number of rotatable bonds is 9. The third-order valence-corrected chi connectivity index (χ3v) is 18.3. The number of hydrogen-bond acceptors (Lipinski definition) is 1. The predicted octanol–water partition coefficient (Wildman–Crippen LogP) is 8.04. The normalized spacial score (nSPS) is 11.1. The van der Waals surface area contributed by atoms with Gasteiger partial charge in [0, 0.05) is 5.75 Å². The van der Waals surface area contributed by atoms with Crippen molar-refractivity contribution in [2.24, 2.45) is 0 Å². The lowest BCUT2D eigenvalue weighted by Crippen LogP contribution is -2.71. The molecular formula is C48H40AlOP. The smallest absolute Gasteiger partial charge is 0.476 e. The SMILES string of the molecule is c1ccc([O][Al-]([c]2ccccc2)([c]2ccccc2)[c]2ccccc2)cc1.c1ccc([P+](c2ccccc2)(c2ccccc2)c2ccccc2)cc1. The molecule has 0 fully saturated rings. The Morgan fingerprint density at radius 1 is 0.255 bits per heavy atom. The Morgan fingerprint density at radius 3 is 0.725 bits per heavy atom. The van der Waals surface area contributed by atoms with Gasteiger partial charge < -0.3 is 3.79 Å². The molecule has 0 aromatic heterocycles. The molecule has 0 radical (unpaired) electrons. The minimum absolute atomic E-state index is 0.911. The summed E-state index contributed by atoms with van der Waals surface area (Å²) in [5, 5.41) is 5.55. The van der Waals surface area contributed by atoms with Crippen LogP contribution in [-0.4, -0.2) is 13.4 Å². The molecule has 8 aromatic carbocycles. The zero-order valence-corrected chi connectivity index (χ0v) is 30.6. The number of para-hydroxylation sites is 1. The first-order chi connectivity index (χ1) is 25.3. The molecule has 8 aromatic rings. The van der Waals surface area contributed by atoms with Crippen LogP contribution in [0.1, 0.15) is 0 Å². The van der Waals surface area contributed by atoms with Crippen molar-refractivity contribution in [3.63, 3.8) is 0 Å². The van der Waals surface area contributed by atoms with Gasteiger partial charge in [0.05, 0.1) is 0 Å². The Hall–Kier alpha value is -5.48. The van der Waals surface area contributed by atoms with Crippen molar-refractivity contribution < 1.29 is 3.79 Å². The zero-order chi connectivity index (χ0) is 34.6. The summed E-state index contributed by atoms with van der Waals surface area (Å²) in [6, 6.07) is 86.0. The fourth-order valence-electron chi connectivity index (χ4n) is 7.16. The summed E-state index contributed by atoms with van der Waals surface area (Å²) in [5.74, 6) is 0.911. The summed E-state index contributed by atoms with van der Waals surface area (Å²) in [6.07, 6.45) is 0. The van der Waals surface area contributed by atoms with Gasteiger partial charge in [-0.1, -0.05) is 146 Å². The maximum atomic E-state index is 6.93. The van der Waals surface area contributed by atoms with E-state index in [2.05, 4.69) is 212 Å². The third kappa shape index (κ3) is 7.23. The second kappa shape index (κ2) is 16.5. The summed E-state index contributed by atoms with van der Waals surface area (Å²) in [5.41, 5.74) is 0. The molecule has 51 heavy (non-hydrogen) atoms. The van der Waals surface area contributed by atoms with E-state index in [-0.39, 0.29) is 0 Å². The van der Waals surface area contributed by atoms with Crippen LogP contribution < -0.4 is 38.3 Å². The molecule has 0 saturated carbocycles. The van der Waals surface area contributed by atoms with Crippen LogP contribution in [0.15, 0.2) is 243 Å². The van der Waals surface area contributed by atoms with E-state index >= 15 is 0 Å². The fourth-order valence-corrected chi connectivity index (χ4v) is 15.8. The van der Waals surface area contributed by atoms with E-state index in [0.29, 0.717) is 0 Å². The van der Waals surface area contributed by atoms with Crippen molar-refractivity contribution in [3.05, 3.63) is 243 Å². The standard InChI is InChI=1S/C24H20P.C6H6O.3C6H5.Al/c1-5-13-21(14-6-1)25(22-15-7-2-8-16-22,23-17-9-3-10-18-23)24-19-11-4-12-20-24;7-6-4-2-1-3-5-6;3*1-2-4-6-5-3-1;/h1-20H;1-5,7H;3*1-5H;/q+1;;;;;/p-1. The van der Waals surface area contributed by atoms with Gasteiger partial charge in [-0.2, -0.15) is 13.3 Å². The van der Waals surface area contributed by atoms with Crippen molar-refractivity contribution in [1.82, 2.24) is 0 Å². The van der Waals surface area contributed by atoms with Crippen LogP contribution in [0.5, 0.6) is 5.75 Å². The van der Waals surface area contributed by atoms with Gasteiger partial charge in [0.2, 0.25) is 0 Å². The number of benzene rings is 8. The van der Waals surface area contributed by atoms with Crippen LogP contribution in [0.3, 0.4) is 0 Å². The van der Waals surface area contributed by atoms with Crippen LogP contribution in [0.25, 0.3) is 0 Å². The maximum absolute atomic E-state index is 6.93. The molecule has 246 valence electrons. The highest BCUT2D eigenvalue weighted by atomic mass is 31.2. The monoisotopic (exact) mass is 690 g/mol. The summed E-state index contributed by atoms with van der Waals surface area (Å²) < 4.78 is 10.7. The summed E-state index contributed by atoms with van der Waals surface area (Å²) in [6.45, 7) is 0. The fraction of sp³-hybridized carbons (Fsp3) is 0. The van der Waals surface area contributed by atoms with Gasteiger partial charge in [-0.25, -0.2) is 0 Å². The highest BCUT2D eigenvalue weighted by molar-refractivity contribution is 8.01. The largest absolute Gasteiger partial charge is 0.788 e. The first-order valence-electron chi connectivity index (χ1n) is 17.5. The second-order valence-electron chi connectivity index (χ2n) is 12.5. The first-order valence-corrected chi connectivity index (χ1v) is 21.5. The van der Waals surface area contributed by atoms with Crippen molar-refractivity contribution in [3.8, 4) is 5.75 Å². The van der Waals surface area contributed by atoms with Gasteiger partial charge in [-0.3, -0.25) is 0 Å². The van der Waals surface area contributed by atoms with E-state index in [4.69, 9.17) is 3.79 Å². The molecular weight excluding hydrogens is 650 g/mol. The molecule has 0 saturated heterocycles. The molecule has 0 aliphatic carbocycles. The Bertz CT molecular complexity index is 1920. The Balaban J connectivity index is 0.000000159. The molecule has 0 spiro atoms. The molecule has 0 N–H and O–H groups in total. The molecule has 1 nitrogen and oxygen atoms in total. The molecule has 0 unspecified atom stereocenters. The zero-order valence-electron chi connectivity index (χ0n) is 28.5. The van der Waals surface area contributed by atoms with Crippen LogP contribution in [-0.2, 0) is 0 Å². The molecule has 0 aliphatic rings. The molecule has 0 bridgehead atoms. The minimum Gasteiger partial charge on any atom is -0.788 e. The predicted molar refractivity (Wildman–Crippen MR) is 222 cm³/mol. The summed E-state index contributed by atoms with van der Waals surface area (Å²) >= 11 is -3.05. The van der Waals surface area contributed by atoms with Gasteiger partial charge in [0.25, 0.3) is 0 Å². The molecule has 3 heteroatoms. The van der Waals surface area contributed by atoms with Crippen molar-refractivity contribution in [2.75, 3.05) is 0 Å². The topological polar surface area (TPSA) is 9.23 Å². The Kier molecular flexibility index (Phi) is 11.0. The van der Waals surface area contributed by atoms with Gasteiger partial charge in [-0.05, 0) is 60.7 Å². The molecule has 8 rings (SSSR count). The van der Waals surface area contributed by atoms with Crippen molar-refractivity contribution >= 4 is 55.2 Å². The number of hydrogen-bond donors (Lipinski definition) is 0. The van der Waals surface area contributed by atoms with Gasteiger partial charge >= 0.3 is 13.4 Å². The first kappa shape index (κ1) is 34.0. The van der Waals surface area contributed by atoms with Crippen LogP contribution in [0.2, 0.25) is 0 Å². The van der Waals surface area contributed by atoms with Crippen molar-refractivity contribution in [1.29, 1.82) is 0 Å². The lowest BCUT2D eigenvalue weighted by Gasteiger charge is -2.41. The van der Waals surface area contributed by atoms with Gasteiger partial charge in [0.15, 0.2) is 0 Å². The molecule has 0 atom stereocenters.